The molecular formula is C19H28N2O3. The first-order valence-corrected chi connectivity index (χ1v) is 9.05. The summed E-state index contributed by atoms with van der Waals surface area (Å²) < 4.78 is 5.43. The molecule has 0 bridgehead atoms. The van der Waals surface area contributed by atoms with E-state index in [9.17, 15) is 9.90 Å². The fraction of sp³-hybridized carbons (Fsp3) is 0.632. The van der Waals surface area contributed by atoms with Gasteiger partial charge in [-0.05, 0) is 43.4 Å². The Morgan fingerprint density at radius 3 is 2.46 bits per heavy atom. The fourth-order valence-electron chi connectivity index (χ4n) is 3.23. The Hall–Kier alpha value is -1.59. The average Bonchev–Trinajstić information content (AvgIpc) is 3.42. The second kappa shape index (κ2) is 7.99. The van der Waals surface area contributed by atoms with E-state index >= 15 is 0 Å². The van der Waals surface area contributed by atoms with Gasteiger partial charge in [0.1, 0.15) is 5.75 Å². The van der Waals surface area contributed by atoms with Crippen LogP contribution in [-0.2, 0) is 11.2 Å². The quantitative estimate of drug-likeness (QED) is 0.823. The normalized spacial score (nSPS) is 20.0. The van der Waals surface area contributed by atoms with Crippen LogP contribution in [0.5, 0.6) is 5.75 Å². The number of ether oxygens (including phenoxy) is 1. The van der Waals surface area contributed by atoms with Gasteiger partial charge in [-0.15, -0.1) is 0 Å². The third-order valence-electron chi connectivity index (χ3n) is 4.93. The van der Waals surface area contributed by atoms with Crippen LogP contribution in [0.4, 0.5) is 0 Å². The zero-order valence-electron chi connectivity index (χ0n) is 14.5. The highest BCUT2D eigenvalue weighted by molar-refractivity contribution is 5.78. The molecule has 5 heteroatoms. The maximum atomic E-state index is 12.5. The van der Waals surface area contributed by atoms with Crippen molar-refractivity contribution >= 4 is 5.91 Å². The van der Waals surface area contributed by atoms with Gasteiger partial charge in [0.25, 0.3) is 0 Å². The topological polar surface area (TPSA) is 53.0 Å². The van der Waals surface area contributed by atoms with E-state index in [0.717, 1.165) is 44.0 Å². The minimum absolute atomic E-state index is 0.182. The van der Waals surface area contributed by atoms with Crippen LogP contribution < -0.4 is 4.74 Å². The van der Waals surface area contributed by atoms with E-state index in [1.165, 1.54) is 12.8 Å². The Labute approximate surface area is 144 Å². The monoisotopic (exact) mass is 332 g/mol. The standard InChI is InChI=1S/C19H28N2O3/c1-2-24-17-7-3-15(4-8-17)13-19(23)21-11-9-20(10-12-21)14-18(22)16-5-6-16/h3-4,7-8,16,18,22H,2,5-6,9-14H2,1H3. The van der Waals surface area contributed by atoms with Crippen LogP contribution >= 0.6 is 0 Å². The Bertz CT molecular complexity index is 534. The van der Waals surface area contributed by atoms with Crippen LogP contribution in [0.25, 0.3) is 0 Å². The molecule has 1 atom stereocenters. The third-order valence-corrected chi connectivity index (χ3v) is 4.93. The molecule has 1 aliphatic heterocycles. The van der Waals surface area contributed by atoms with E-state index in [0.29, 0.717) is 18.9 Å². The second-order valence-electron chi connectivity index (χ2n) is 6.84. The first-order chi connectivity index (χ1) is 11.7. The average molecular weight is 332 g/mol. The van der Waals surface area contributed by atoms with Crippen molar-refractivity contribution in [2.24, 2.45) is 5.92 Å². The Kier molecular flexibility index (Phi) is 5.74. The first kappa shape index (κ1) is 17.2. The molecule has 1 N–H and O–H groups in total. The van der Waals surface area contributed by atoms with Crippen molar-refractivity contribution in [2.45, 2.75) is 32.3 Å². The van der Waals surface area contributed by atoms with Crippen molar-refractivity contribution in [3.8, 4) is 5.75 Å². The molecule has 1 saturated heterocycles. The lowest BCUT2D eigenvalue weighted by atomic mass is 10.1. The van der Waals surface area contributed by atoms with E-state index in [1.54, 1.807) is 0 Å². The molecule has 0 radical (unpaired) electrons. The number of carbonyl (C=O) groups is 1. The van der Waals surface area contributed by atoms with Gasteiger partial charge < -0.3 is 14.7 Å². The first-order valence-electron chi connectivity index (χ1n) is 9.05. The summed E-state index contributed by atoms with van der Waals surface area (Å²) in [6.45, 7) is 6.60. The molecule has 1 saturated carbocycles. The minimum atomic E-state index is -0.184. The summed E-state index contributed by atoms with van der Waals surface area (Å²) in [5.74, 6) is 1.54. The van der Waals surface area contributed by atoms with E-state index < -0.39 is 0 Å². The number of nitrogens with zero attached hydrogens (tertiary/aromatic N) is 2. The molecule has 1 unspecified atom stereocenters. The summed E-state index contributed by atoms with van der Waals surface area (Å²) in [6, 6.07) is 7.77. The lowest BCUT2D eigenvalue weighted by molar-refractivity contribution is -0.132. The molecule has 3 rings (SSSR count). The molecule has 1 amide bonds. The number of carbonyl (C=O) groups excluding carboxylic acids is 1. The summed E-state index contributed by atoms with van der Waals surface area (Å²) in [7, 11) is 0. The maximum Gasteiger partial charge on any atom is 0.227 e. The zero-order valence-corrected chi connectivity index (χ0v) is 14.5. The number of β-amino-alcohol motifs (C(OH)–C–C–N with tert-alkyl or cyclic N) is 1. The highest BCUT2D eigenvalue weighted by Gasteiger charge is 2.32. The van der Waals surface area contributed by atoms with E-state index in [4.69, 9.17) is 4.74 Å². The van der Waals surface area contributed by atoms with Crippen LogP contribution in [-0.4, -0.2) is 66.2 Å². The van der Waals surface area contributed by atoms with Gasteiger partial charge in [0, 0.05) is 32.7 Å². The van der Waals surface area contributed by atoms with E-state index in [-0.39, 0.29) is 12.0 Å². The Morgan fingerprint density at radius 2 is 1.88 bits per heavy atom. The van der Waals surface area contributed by atoms with Gasteiger partial charge in [-0.3, -0.25) is 9.69 Å². The number of rotatable bonds is 7. The number of hydrogen-bond donors (Lipinski definition) is 1. The maximum absolute atomic E-state index is 12.5. The molecule has 132 valence electrons. The molecule has 2 aliphatic rings. The number of aliphatic hydroxyl groups excluding tert-OH is 1. The van der Waals surface area contributed by atoms with E-state index in [2.05, 4.69) is 4.90 Å². The van der Waals surface area contributed by atoms with Crippen LogP contribution in [0.1, 0.15) is 25.3 Å². The van der Waals surface area contributed by atoms with Gasteiger partial charge in [0.05, 0.1) is 19.1 Å². The number of piperazine rings is 1. The summed E-state index contributed by atoms with van der Waals surface area (Å²) >= 11 is 0. The summed E-state index contributed by atoms with van der Waals surface area (Å²) in [5, 5.41) is 10.0. The second-order valence-corrected chi connectivity index (χ2v) is 6.84. The lowest BCUT2D eigenvalue weighted by Crippen LogP contribution is -2.51. The van der Waals surface area contributed by atoms with Crippen molar-refractivity contribution in [2.75, 3.05) is 39.3 Å². The predicted molar refractivity (Wildman–Crippen MR) is 93.1 cm³/mol. The number of aliphatic hydroxyl groups is 1. The number of benzene rings is 1. The molecule has 1 heterocycles. The molecule has 2 fully saturated rings. The molecule has 1 aromatic carbocycles. The van der Waals surface area contributed by atoms with Gasteiger partial charge in [-0.2, -0.15) is 0 Å². The number of hydrogen-bond acceptors (Lipinski definition) is 4. The molecule has 0 spiro atoms. The van der Waals surface area contributed by atoms with Crippen molar-refractivity contribution in [1.82, 2.24) is 9.80 Å². The van der Waals surface area contributed by atoms with Crippen molar-refractivity contribution in [3.63, 3.8) is 0 Å². The van der Waals surface area contributed by atoms with Crippen LogP contribution in [0.15, 0.2) is 24.3 Å². The minimum Gasteiger partial charge on any atom is -0.494 e. The van der Waals surface area contributed by atoms with Gasteiger partial charge in [0.15, 0.2) is 0 Å². The van der Waals surface area contributed by atoms with Crippen LogP contribution in [0, 0.1) is 5.92 Å². The molecule has 5 nitrogen and oxygen atoms in total. The molecule has 0 aromatic heterocycles. The SMILES string of the molecule is CCOc1ccc(CC(=O)N2CCN(CC(O)C3CC3)CC2)cc1. The van der Waals surface area contributed by atoms with Gasteiger partial charge >= 0.3 is 0 Å². The summed E-state index contributed by atoms with van der Waals surface area (Å²) in [4.78, 5) is 16.7. The van der Waals surface area contributed by atoms with Crippen molar-refractivity contribution in [3.05, 3.63) is 29.8 Å². The molecular weight excluding hydrogens is 304 g/mol. The summed E-state index contributed by atoms with van der Waals surface area (Å²) in [5.41, 5.74) is 1.02. The highest BCUT2D eigenvalue weighted by Crippen LogP contribution is 2.32. The molecule has 1 aromatic rings. The van der Waals surface area contributed by atoms with E-state index in [1.807, 2.05) is 36.1 Å². The third kappa shape index (κ3) is 4.71. The van der Waals surface area contributed by atoms with Gasteiger partial charge in [-0.25, -0.2) is 0 Å². The fourth-order valence-corrected chi connectivity index (χ4v) is 3.23. The van der Waals surface area contributed by atoms with Crippen molar-refractivity contribution in [1.29, 1.82) is 0 Å². The smallest absolute Gasteiger partial charge is 0.227 e. The lowest BCUT2D eigenvalue weighted by Gasteiger charge is -2.35. The van der Waals surface area contributed by atoms with Crippen LogP contribution in [0.3, 0.4) is 0 Å². The van der Waals surface area contributed by atoms with Crippen LogP contribution in [0.2, 0.25) is 0 Å². The van der Waals surface area contributed by atoms with Crippen molar-refractivity contribution < 1.29 is 14.6 Å². The molecule has 1 aliphatic carbocycles. The van der Waals surface area contributed by atoms with Gasteiger partial charge in [0.2, 0.25) is 5.91 Å². The Balaban J connectivity index is 1.42. The highest BCUT2D eigenvalue weighted by atomic mass is 16.5. The molecule has 24 heavy (non-hydrogen) atoms. The predicted octanol–water partition coefficient (Wildman–Crippen LogP) is 1.54. The van der Waals surface area contributed by atoms with Gasteiger partial charge in [-0.1, -0.05) is 12.1 Å². The number of amides is 1. The largest absolute Gasteiger partial charge is 0.494 e. The Morgan fingerprint density at radius 1 is 1.21 bits per heavy atom. The zero-order chi connectivity index (χ0) is 16.9. The summed E-state index contributed by atoms with van der Waals surface area (Å²) in [6.07, 6.45) is 2.59.